The molecule has 65 heavy (non-hydrogen) atoms. The Labute approximate surface area is 418 Å². The molecule has 1 radical (unpaired) electrons. The summed E-state index contributed by atoms with van der Waals surface area (Å²) >= 11 is 0. The predicted molar refractivity (Wildman–Crippen MR) is 258 cm³/mol. The summed E-state index contributed by atoms with van der Waals surface area (Å²) in [6.07, 6.45) is 7.89. The number of aromatic hydroxyl groups is 3. The molecule has 9 nitrogen and oxygen atoms in total. The Balaban J connectivity index is 0.000000255. The molecule has 0 aromatic heterocycles. The van der Waals surface area contributed by atoms with Crippen LogP contribution < -0.4 is 28.4 Å². The van der Waals surface area contributed by atoms with E-state index in [1.165, 1.54) is 30.9 Å². The third kappa shape index (κ3) is 13.0. The Bertz CT molecular complexity index is 2700. The number of fused-ring (bicyclic) bond motifs is 3. The quantitative estimate of drug-likeness (QED) is 0.0909. The van der Waals surface area contributed by atoms with Gasteiger partial charge in [0.2, 0.25) is 0 Å². The molecular weight excluding hydrogens is 1080 g/mol. The Kier molecular flexibility index (Phi) is 20.3. The summed E-state index contributed by atoms with van der Waals surface area (Å²) in [7, 11) is 9.67. The van der Waals surface area contributed by atoms with Crippen LogP contribution >= 0.6 is 0 Å². The van der Waals surface area contributed by atoms with Gasteiger partial charge in [0.15, 0.2) is 34.5 Å². The van der Waals surface area contributed by atoms with Gasteiger partial charge in [-0.25, -0.2) is 0 Å². The number of methoxy groups -OCH3 is 6. The van der Waals surface area contributed by atoms with Crippen molar-refractivity contribution >= 4 is 45.8 Å². The van der Waals surface area contributed by atoms with Crippen LogP contribution in [0.1, 0.15) is 55.6 Å². The zero-order valence-electron chi connectivity index (χ0n) is 39.2. The summed E-state index contributed by atoms with van der Waals surface area (Å²) in [6.45, 7) is 12.4. The van der Waals surface area contributed by atoms with Crippen LogP contribution in [-0.2, 0) is 18.6 Å². The first kappa shape index (κ1) is 53.7. The van der Waals surface area contributed by atoms with E-state index in [0.717, 1.165) is 77.7 Å². The molecule has 7 aromatic carbocycles. The van der Waals surface area contributed by atoms with Crippen LogP contribution in [0, 0.1) is 72.7 Å². The normalized spacial score (nSPS) is 10.6. The summed E-state index contributed by atoms with van der Waals surface area (Å²) in [6, 6.07) is 28.7. The average molecular weight is 1140 g/mol. The summed E-state index contributed by atoms with van der Waals surface area (Å²) in [4.78, 5) is 0. The van der Waals surface area contributed by atoms with Crippen molar-refractivity contribution in [2.45, 2.75) is 41.5 Å². The second-order valence-electron chi connectivity index (χ2n) is 15.1. The van der Waals surface area contributed by atoms with Crippen molar-refractivity contribution < 1.29 is 93.4 Å². The maximum absolute atomic E-state index is 9.95. The maximum Gasteiger partial charge on any atom is 0.161 e. The van der Waals surface area contributed by atoms with Gasteiger partial charge >= 0.3 is 0 Å². The number of phenolic OH excluding ortho intramolecular Hbond substituents is 3. The first-order valence-electron chi connectivity index (χ1n) is 20.3. The molecule has 0 heterocycles. The molecule has 337 valence electrons. The van der Waals surface area contributed by atoms with E-state index >= 15 is 0 Å². The number of benzene rings is 7. The molecule has 3 N–H and O–H groups in total. The zero-order valence-corrected chi connectivity index (χ0v) is 44.8. The largest absolute Gasteiger partial charge is 0.504 e. The topological polar surface area (TPSA) is 116 Å². The van der Waals surface area contributed by atoms with E-state index in [9.17, 15) is 15.3 Å². The molecule has 0 atom stereocenters. The van der Waals surface area contributed by atoms with Crippen LogP contribution in [0.5, 0.6) is 51.7 Å². The fourth-order valence-electron chi connectivity index (χ4n) is 7.19. The Hall–Kier alpha value is -5.62. The number of phenols is 3. The van der Waals surface area contributed by atoms with E-state index in [4.69, 9.17) is 28.4 Å². The SMILES string of the molecule is COc1cc2c(ccc3cc(C)c(C)c(OC)c32)cc1O.COc1ccc(/C=C/c2cc(C)c(C)c(OC)c2)cc1O.COc1ccc(/C=C\c2cc(C)c(C)c(OC)c2)cc1O.[U].[V]. The van der Waals surface area contributed by atoms with Gasteiger partial charge in [-0.15, -0.1) is 0 Å². The van der Waals surface area contributed by atoms with Gasteiger partial charge in [-0.1, -0.05) is 66.8 Å². The van der Waals surface area contributed by atoms with Gasteiger partial charge in [-0.2, -0.15) is 0 Å². The van der Waals surface area contributed by atoms with E-state index in [1.807, 2.05) is 74.5 Å². The number of aryl methyl sites for hydroxylation is 3. The van der Waals surface area contributed by atoms with E-state index in [-0.39, 0.29) is 66.9 Å². The van der Waals surface area contributed by atoms with E-state index in [1.54, 1.807) is 58.8 Å². The second-order valence-corrected chi connectivity index (χ2v) is 15.1. The monoisotopic (exact) mass is 1140 g/mol. The number of hydrogen-bond donors (Lipinski definition) is 3. The van der Waals surface area contributed by atoms with Crippen molar-refractivity contribution in [3.63, 3.8) is 0 Å². The van der Waals surface area contributed by atoms with Gasteiger partial charge in [0.1, 0.15) is 17.2 Å². The summed E-state index contributed by atoms with van der Waals surface area (Å²) in [5, 5.41) is 33.6. The molecule has 0 saturated heterocycles. The van der Waals surface area contributed by atoms with E-state index in [0.29, 0.717) is 17.2 Å². The van der Waals surface area contributed by atoms with Crippen LogP contribution in [0.4, 0.5) is 0 Å². The number of rotatable bonds is 10. The Morgan fingerprint density at radius 1 is 0.369 bits per heavy atom. The van der Waals surface area contributed by atoms with Crippen LogP contribution in [0.25, 0.3) is 45.8 Å². The Morgan fingerprint density at radius 2 is 0.769 bits per heavy atom. The van der Waals surface area contributed by atoms with Crippen LogP contribution in [0.15, 0.2) is 91.0 Å². The third-order valence-corrected chi connectivity index (χ3v) is 11.2. The van der Waals surface area contributed by atoms with Gasteiger partial charge in [0.25, 0.3) is 0 Å². The van der Waals surface area contributed by atoms with Gasteiger partial charge in [-0.3, -0.25) is 0 Å². The van der Waals surface area contributed by atoms with Gasteiger partial charge in [-0.05, 0) is 162 Å². The van der Waals surface area contributed by atoms with E-state index in [2.05, 4.69) is 52.0 Å². The average Bonchev–Trinajstić information content (AvgIpc) is 3.27. The minimum absolute atomic E-state index is 0. The van der Waals surface area contributed by atoms with Crippen molar-refractivity contribution in [2.24, 2.45) is 0 Å². The van der Waals surface area contributed by atoms with Gasteiger partial charge in [0.05, 0.1) is 42.7 Å². The summed E-state index contributed by atoms with van der Waals surface area (Å²) in [5.41, 5.74) is 10.9. The molecule has 0 amide bonds. The molecule has 0 saturated carbocycles. The van der Waals surface area contributed by atoms with Crippen LogP contribution in [0.2, 0.25) is 0 Å². The van der Waals surface area contributed by atoms with Crippen LogP contribution in [0.3, 0.4) is 0 Å². The molecule has 11 heteroatoms. The smallest absolute Gasteiger partial charge is 0.161 e. The molecule has 0 spiro atoms. The fraction of sp³-hybridized carbons (Fsp3) is 0.222. The van der Waals surface area contributed by atoms with Crippen molar-refractivity contribution in [3.8, 4) is 51.7 Å². The van der Waals surface area contributed by atoms with Crippen molar-refractivity contribution in [1.29, 1.82) is 0 Å². The number of hydrogen-bond acceptors (Lipinski definition) is 9. The molecule has 0 unspecified atom stereocenters. The molecule has 7 aromatic rings. The molecule has 0 aliphatic carbocycles. The third-order valence-electron chi connectivity index (χ3n) is 11.2. The van der Waals surface area contributed by atoms with Crippen molar-refractivity contribution in [3.05, 3.63) is 147 Å². The predicted octanol–water partition coefficient (Wildman–Crippen LogP) is 12.7. The number of ether oxygens (including phenoxy) is 6. The van der Waals surface area contributed by atoms with Crippen LogP contribution in [-0.4, -0.2) is 58.0 Å². The molecule has 0 aliphatic rings. The fourth-order valence-corrected chi connectivity index (χ4v) is 7.19. The van der Waals surface area contributed by atoms with Crippen molar-refractivity contribution in [1.82, 2.24) is 0 Å². The molecule has 0 aliphatic heterocycles. The summed E-state index contributed by atoms with van der Waals surface area (Å²) < 4.78 is 31.7. The molecule has 7 rings (SSSR count). The van der Waals surface area contributed by atoms with Crippen molar-refractivity contribution in [2.75, 3.05) is 42.7 Å². The standard InChI is InChI=1S/C18H18O3.2C18H20O3.U.V/c1-10-7-13-6-5-12-8-15(19)16(20-3)9-14(12)17(13)18(21-4)11(10)2;2*1-12-9-15(11-18(21-4)13(12)2)6-5-14-7-8-17(20-3)16(19)10-14;;/h5-9,19H,1-4H3;2*5-11,19H,1-4H3;;/b;6-5+;6-5-;;. The van der Waals surface area contributed by atoms with Gasteiger partial charge in [0, 0.05) is 55.1 Å². The Morgan fingerprint density at radius 3 is 1.18 bits per heavy atom. The maximum atomic E-state index is 9.95. The molecule has 0 fully saturated rings. The molecule has 0 bridgehead atoms. The second kappa shape index (κ2) is 24.6. The zero-order chi connectivity index (χ0) is 46.0. The first-order valence-corrected chi connectivity index (χ1v) is 20.3. The molecular formula is C54H58O9UV. The first-order chi connectivity index (χ1) is 30.2. The van der Waals surface area contributed by atoms with E-state index < -0.39 is 0 Å². The van der Waals surface area contributed by atoms with Gasteiger partial charge < -0.3 is 43.7 Å². The minimum atomic E-state index is 0. The summed E-state index contributed by atoms with van der Waals surface area (Å²) in [5.74, 6) is 4.47. The minimum Gasteiger partial charge on any atom is -0.504 e.